The first-order chi connectivity index (χ1) is 19.0. The van der Waals surface area contributed by atoms with Crippen LogP contribution in [0.5, 0.6) is 0 Å². The van der Waals surface area contributed by atoms with Crippen molar-refractivity contribution in [3.05, 3.63) is 41.3 Å². The van der Waals surface area contributed by atoms with Gasteiger partial charge in [0, 0.05) is 18.0 Å². The van der Waals surface area contributed by atoms with Crippen LogP contribution < -0.4 is 4.72 Å². The van der Waals surface area contributed by atoms with Crippen LogP contribution in [0.25, 0.3) is 32.6 Å². The largest absolute Gasteiger partial charge is 0.465 e. The number of aromatic nitrogens is 5. The minimum Gasteiger partial charge on any atom is -0.465 e. The van der Waals surface area contributed by atoms with Crippen LogP contribution >= 0.6 is 11.3 Å². The van der Waals surface area contributed by atoms with Crippen molar-refractivity contribution in [1.82, 2.24) is 34.4 Å². The summed E-state index contributed by atoms with van der Waals surface area (Å²) in [6.45, 7) is 1.94. The molecule has 0 saturated heterocycles. The smallest absolute Gasteiger partial charge is 0.407 e. The van der Waals surface area contributed by atoms with E-state index in [0.29, 0.717) is 58.2 Å². The molecule has 6 rings (SSSR count). The number of nitriles is 1. The predicted octanol–water partition coefficient (Wildman–Crippen LogP) is 3.85. The molecule has 1 saturated carbocycles. The summed E-state index contributed by atoms with van der Waals surface area (Å²) in [6, 6.07) is 6.02. The average molecular weight is 587 g/mol. The molecule has 16 heteroatoms. The Morgan fingerprint density at radius 2 is 2.08 bits per heavy atom. The fourth-order valence-electron chi connectivity index (χ4n) is 4.86. The molecule has 1 fully saturated rings. The first-order valence-electron chi connectivity index (χ1n) is 12.1. The molecule has 4 aromatic rings. The lowest BCUT2D eigenvalue weighted by Gasteiger charge is -2.30. The third-order valence-corrected chi connectivity index (χ3v) is 9.51. The van der Waals surface area contributed by atoms with Crippen molar-refractivity contribution in [2.45, 2.75) is 49.1 Å². The van der Waals surface area contributed by atoms with Gasteiger partial charge in [-0.05, 0) is 43.9 Å². The molecule has 1 amide bonds. The standard InChI is InChI=1S/C24H20F2N8O4S2/c1-12-8-13(4-7-33(12)23(35)36)18-17-15-3-2-14(40(37,38)32-24(10-27)5-6-24)9-16(15)34(20(17)29-11-28-18)22-31-30-21(39-22)19(25)26/h2-4,9,11-12,19,32H,5-8H2,1H3,(H,35,36). The molecule has 1 atom stereocenters. The third-order valence-electron chi connectivity index (χ3n) is 7.06. The lowest BCUT2D eigenvalue weighted by atomic mass is 9.96. The van der Waals surface area contributed by atoms with Crippen LogP contribution in [0.1, 0.15) is 43.3 Å². The Morgan fingerprint density at radius 1 is 1.30 bits per heavy atom. The molecule has 1 aliphatic heterocycles. The predicted molar refractivity (Wildman–Crippen MR) is 139 cm³/mol. The summed E-state index contributed by atoms with van der Waals surface area (Å²) in [7, 11) is -4.10. The van der Waals surface area contributed by atoms with Crippen molar-refractivity contribution < 1.29 is 27.1 Å². The Hall–Kier alpha value is -4.07. The fourth-order valence-corrected chi connectivity index (χ4v) is 6.97. The molecule has 2 aliphatic rings. The van der Waals surface area contributed by atoms with Gasteiger partial charge >= 0.3 is 6.09 Å². The summed E-state index contributed by atoms with van der Waals surface area (Å²) in [6.07, 6.45) is 0.350. The van der Waals surface area contributed by atoms with Crippen LogP contribution in [-0.2, 0) is 10.0 Å². The Kier molecular flexibility index (Phi) is 6.05. The Labute approximate surface area is 229 Å². The maximum Gasteiger partial charge on any atom is 0.407 e. The number of fused-ring (bicyclic) bond motifs is 3. The van der Waals surface area contributed by atoms with E-state index in [1.807, 2.05) is 6.07 Å². The van der Waals surface area contributed by atoms with Crippen molar-refractivity contribution in [1.29, 1.82) is 5.26 Å². The summed E-state index contributed by atoms with van der Waals surface area (Å²) in [5.41, 5.74) is 0.752. The number of nitrogens with zero attached hydrogens (tertiary/aromatic N) is 7. The third kappa shape index (κ3) is 4.26. The molecule has 4 heterocycles. The van der Waals surface area contributed by atoms with Gasteiger partial charge in [0.25, 0.3) is 6.43 Å². The van der Waals surface area contributed by atoms with E-state index in [0.717, 1.165) is 5.57 Å². The van der Waals surface area contributed by atoms with Crippen LogP contribution in [-0.4, -0.2) is 67.4 Å². The second-order valence-corrected chi connectivity index (χ2v) is 12.3. The van der Waals surface area contributed by atoms with E-state index in [9.17, 15) is 32.4 Å². The number of alkyl halides is 2. The average Bonchev–Trinajstić information content (AvgIpc) is 3.36. The molecule has 0 spiro atoms. The molecule has 12 nitrogen and oxygen atoms in total. The van der Waals surface area contributed by atoms with Gasteiger partial charge in [-0.2, -0.15) is 9.98 Å². The van der Waals surface area contributed by atoms with Crippen LogP contribution in [0.15, 0.2) is 35.5 Å². The lowest BCUT2D eigenvalue weighted by Crippen LogP contribution is -2.40. The molecular formula is C24H20F2N8O4S2. The second kappa shape index (κ2) is 9.25. The highest BCUT2D eigenvalue weighted by atomic mass is 32.2. The number of benzene rings is 1. The zero-order valence-corrected chi connectivity index (χ0v) is 22.4. The minimum atomic E-state index is -4.10. The maximum absolute atomic E-state index is 13.4. The molecule has 206 valence electrons. The summed E-state index contributed by atoms with van der Waals surface area (Å²) < 4.78 is 57.1. The van der Waals surface area contributed by atoms with Crippen molar-refractivity contribution in [2.75, 3.05) is 6.54 Å². The zero-order valence-electron chi connectivity index (χ0n) is 20.7. The molecule has 0 radical (unpaired) electrons. The van der Waals surface area contributed by atoms with E-state index in [1.54, 1.807) is 19.1 Å². The number of sulfonamides is 1. The number of carboxylic acid groups (broad SMARTS) is 1. The first kappa shape index (κ1) is 26.2. The molecule has 1 unspecified atom stereocenters. The summed E-state index contributed by atoms with van der Waals surface area (Å²) >= 11 is 0.646. The van der Waals surface area contributed by atoms with Crippen molar-refractivity contribution in [3.8, 4) is 11.2 Å². The van der Waals surface area contributed by atoms with Crippen LogP contribution in [0.2, 0.25) is 0 Å². The number of rotatable bonds is 6. The lowest BCUT2D eigenvalue weighted by molar-refractivity contribution is 0.133. The number of hydrogen-bond acceptors (Lipinski definition) is 9. The highest BCUT2D eigenvalue weighted by Crippen LogP contribution is 2.40. The summed E-state index contributed by atoms with van der Waals surface area (Å²) in [5, 5.41) is 27.0. The number of hydrogen-bond donors (Lipinski definition) is 2. The molecule has 40 heavy (non-hydrogen) atoms. The van der Waals surface area contributed by atoms with Gasteiger partial charge in [0.05, 0.1) is 27.6 Å². The summed E-state index contributed by atoms with van der Waals surface area (Å²) in [5.74, 6) is 0. The van der Waals surface area contributed by atoms with E-state index in [2.05, 4.69) is 24.9 Å². The molecule has 1 aromatic carbocycles. The van der Waals surface area contributed by atoms with Gasteiger partial charge in [-0.1, -0.05) is 23.5 Å². The normalized spacial score (nSPS) is 18.7. The number of nitrogens with one attached hydrogen (secondary N) is 1. The highest BCUT2D eigenvalue weighted by Gasteiger charge is 2.47. The van der Waals surface area contributed by atoms with E-state index in [4.69, 9.17) is 0 Å². The van der Waals surface area contributed by atoms with Crippen molar-refractivity contribution in [3.63, 3.8) is 0 Å². The van der Waals surface area contributed by atoms with Crippen LogP contribution in [0.4, 0.5) is 13.6 Å². The molecular weight excluding hydrogens is 566 g/mol. The van der Waals surface area contributed by atoms with Gasteiger partial charge in [-0.15, -0.1) is 10.2 Å². The Morgan fingerprint density at radius 3 is 2.70 bits per heavy atom. The van der Waals surface area contributed by atoms with Gasteiger partial charge in [0.1, 0.15) is 11.9 Å². The monoisotopic (exact) mass is 586 g/mol. The van der Waals surface area contributed by atoms with Crippen LogP contribution in [0, 0.1) is 11.3 Å². The van der Waals surface area contributed by atoms with E-state index in [1.165, 1.54) is 27.9 Å². The second-order valence-electron chi connectivity index (χ2n) is 9.68. The molecule has 2 N–H and O–H groups in total. The molecule has 0 bridgehead atoms. The number of halogens is 2. The minimum absolute atomic E-state index is 0.0567. The Bertz CT molecular complexity index is 1870. The molecule has 3 aromatic heterocycles. The zero-order chi connectivity index (χ0) is 28.4. The number of amides is 1. The fraction of sp³-hybridized carbons (Fsp3) is 0.333. The van der Waals surface area contributed by atoms with Gasteiger partial charge in [-0.25, -0.2) is 32.0 Å². The van der Waals surface area contributed by atoms with Gasteiger partial charge < -0.3 is 10.0 Å². The van der Waals surface area contributed by atoms with Crippen molar-refractivity contribution >= 4 is 55.0 Å². The highest BCUT2D eigenvalue weighted by molar-refractivity contribution is 7.89. The van der Waals surface area contributed by atoms with Crippen LogP contribution in [0.3, 0.4) is 0 Å². The summed E-state index contributed by atoms with van der Waals surface area (Å²) in [4.78, 5) is 21.6. The van der Waals surface area contributed by atoms with E-state index in [-0.39, 0.29) is 22.6 Å². The van der Waals surface area contributed by atoms with Gasteiger partial charge in [0.15, 0.2) is 10.7 Å². The molecule has 1 aliphatic carbocycles. The number of carbonyl (C=O) groups is 1. The topological polar surface area (TPSA) is 167 Å². The van der Waals surface area contributed by atoms with E-state index >= 15 is 0 Å². The quantitative estimate of drug-likeness (QED) is 0.341. The van der Waals surface area contributed by atoms with Gasteiger partial charge in [-0.3, -0.25) is 4.57 Å². The van der Waals surface area contributed by atoms with Crippen molar-refractivity contribution in [2.24, 2.45) is 0 Å². The maximum atomic E-state index is 13.4. The van der Waals surface area contributed by atoms with Gasteiger partial charge in [0.2, 0.25) is 15.2 Å². The first-order valence-corrected chi connectivity index (χ1v) is 14.4. The SMILES string of the molecule is CC1CC(c2ncnc3c2c2ccc(S(=O)(=O)NC4(C#N)CC4)cc2n3-c2nnc(C(F)F)s2)=CCN1C(=O)O. The Balaban J connectivity index is 1.58. The van der Waals surface area contributed by atoms with E-state index < -0.39 is 33.1 Å².